The predicted molar refractivity (Wildman–Crippen MR) is 151 cm³/mol. The van der Waals surface area contributed by atoms with Crippen LogP contribution in [0.2, 0.25) is 0 Å². The minimum absolute atomic E-state index is 0.0526. The van der Waals surface area contributed by atoms with Gasteiger partial charge < -0.3 is 35.7 Å². The number of carboxylic acid groups (broad SMARTS) is 1. The van der Waals surface area contributed by atoms with Gasteiger partial charge in [-0.3, -0.25) is 9.59 Å². The van der Waals surface area contributed by atoms with Gasteiger partial charge in [0, 0.05) is 6.04 Å². The molecule has 2 amide bonds. The minimum atomic E-state index is -1.17. The highest BCUT2D eigenvalue weighted by Gasteiger charge is 2.50. The quantitative estimate of drug-likeness (QED) is 0.350. The zero-order chi connectivity index (χ0) is 30.0. The summed E-state index contributed by atoms with van der Waals surface area (Å²) in [6.07, 6.45) is -1.31. The van der Waals surface area contributed by atoms with Crippen molar-refractivity contribution in [3.8, 4) is 0 Å². The normalized spacial score (nSPS) is 45.9. The van der Waals surface area contributed by atoms with Gasteiger partial charge in [0.2, 0.25) is 0 Å². The fourth-order valence-electron chi connectivity index (χ4n) is 7.03. The molecule has 3 fully saturated rings. The fraction of sp³-hybridized carbons (Fsp3) is 0.900. The first-order valence-electron chi connectivity index (χ1n) is 15.3. The highest BCUT2D eigenvalue weighted by Crippen LogP contribution is 2.36. The van der Waals surface area contributed by atoms with E-state index in [1.165, 1.54) is 0 Å². The van der Waals surface area contributed by atoms with Crippen molar-refractivity contribution in [3.05, 3.63) is 0 Å². The van der Waals surface area contributed by atoms with Gasteiger partial charge in [-0.15, -0.1) is 0 Å². The second-order valence-corrected chi connectivity index (χ2v) is 12.6. The number of amides is 2. The van der Waals surface area contributed by atoms with E-state index in [0.717, 1.165) is 6.42 Å². The highest BCUT2D eigenvalue weighted by atomic mass is 16.5. The molecule has 0 aromatic rings. The van der Waals surface area contributed by atoms with Crippen molar-refractivity contribution < 1.29 is 33.7 Å². The maximum absolute atomic E-state index is 13.9. The molecule has 0 aromatic carbocycles. The number of carboxylic acids is 1. The Bertz CT molecular complexity index is 901. The molecule has 230 valence electrons. The maximum Gasteiger partial charge on any atom is 0.335 e. The van der Waals surface area contributed by atoms with Crippen LogP contribution in [0.15, 0.2) is 0 Å². The molecule has 0 aromatic heterocycles. The first-order valence-corrected chi connectivity index (χ1v) is 15.3. The second kappa shape index (κ2) is 13.5. The van der Waals surface area contributed by atoms with Gasteiger partial charge in [0.15, 0.2) is 18.3 Å². The Morgan fingerprint density at radius 1 is 0.600 bits per heavy atom. The third-order valence-corrected chi connectivity index (χ3v) is 10.5. The molecular formula is C30H53N3O7. The van der Waals surface area contributed by atoms with Gasteiger partial charge in [0.25, 0.3) is 11.8 Å². The third kappa shape index (κ3) is 6.35. The molecule has 3 aliphatic heterocycles. The first-order chi connectivity index (χ1) is 18.8. The van der Waals surface area contributed by atoms with Crippen molar-refractivity contribution in [2.45, 2.75) is 136 Å². The number of carbonyl (C=O) groups is 3. The average Bonchev–Trinajstić information content (AvgIpc) is 2.92. The van der Waals surface area contributed by atoms with E-state index in [9.17, 15) is 19.5 Å². The Labute approximate surface area is 239 Å². The zero-order valence-electron chi connectivity index (χ0n) is 25.8. The molecule has 40 heavy (non-hydrogen) atoms. The number of aliphatic carboxylic acids is 1. The van der Waals surface area contributed by atoms with Crippen molar-refractivity contribution in [1.82, 2.24) is 10.6 Å². The smallest absolute Gasteiger partial charge is 0.335 e. The van der Waals surface area contributed by atoms with Crippen LogP contribution in [0.3, 0.4) is 0 Å². The third-order valence-electron chi connectivity index (χ3n) is 10.5. The molecule has 3 aliphatic rings. The van der Waals surface area contributed by atoms with E-state index in [4.69, 9.17) is 19.9 Å². The SMILES string of the molecule is CCC1OC(C(=O)NC2C(C(=O)NC3C(C(=O)O)OC(CC)C(C)C3C)OC(CC)C(C)C2C)C(N)C(C)C1C. The van der Waals surface area contributed by atoms with E-state index in [1.807, 2.05) is 48.5 Å². The van der Waals surface area contributed by atoms with Crippen LogP contribution >= 0.6 is 0 Å². The topological polar surface area (TPSA) is 149 Å². The van der Waals surface area contributed by atoms with Crippen LogP contribution in [-0.4, -0.2) is 77.6 Å². The van der Waals surface area contributed by atoms with E-state index in [2.05, 4.69) is 24.5 Å². The van der Waals surface area contributed by atoms with Gasteiger partial charge in [-0.1, -0.05) is 62.3 Å². The second-order valence-electron chi connectivity index (χ2n) is 12.6. The van der Waals surface area contributed by atoms with Gasteiger partial charge in [-0.05, 0) is 54.8 Å². The summed E-state index contributed by atoms with van der Waals surface area (Å²) in [5.74, 6) is -1.68. The first kappa shape index (κ1) is 32.8. The van der Waals surface area contributed by atoms with Crippen LogP contribution in [0.5, 0.6) is 0 Å². The van der Waals surface area contributed by atoms with E-state index in [1.54, 1.807) is 0 Å². The Hall–Kier alpha value is -1.75. The Kier molecular flexibility index (Phi) is 11.0. The molecule has 15 unspecified atom stereocenters. The van der Waals surface area contributed by atoms with Gasteiger partial charge >= 0.3 is 5.97 Å². The minimum Gasteiger partial charge on any atom is -0.479 e. The van der Waals surface area contributed by atoms with Gasteiger partial charge in [-0.2, -0.15) is 0 Å². The van der Waals surface area contributed by atoms with Crippen LogP contribution in [0, 0.1) is 35.5 Å². The summed E-state index contributed by atoms with van der Waals surface area (Å²) in [5, 5.41) is 16.0. The fourth-order valence-corrected chi connectivity index (χ4v) is 7.03. The van der Waals surface area contributed by atoms with Crippen molar-refractivity contribution in [1.29, 1.82) is 0 Å². The summed E-state index contributed by atoms with van der Waals surface area (Å²) in [7, 11) is 0. The van der Waals surface area contributed by atoms with Crippen LogP contribution in [0.1, 0.15) is 81.6 Å². The summed E-state index contributed by atoms with van der Waals surface area (Å²) < 4.78 is 18.5. The number of ether oxygens (including phenoxy) is 3. The molecule has 3 heterocycles. The summed E-state index contributed by atoms with van der Waals surface area (Å²) in [6.45, 7) is 18.2. The van der Waals surface area contributed by atoms with Crippen molar-refractivity contribution in [2.24, 2.45) is 41.2 Å². The zero-order valence-corrected chi connectivity index (χ0v) is 25.8. The van der Waals surface area contributed by atoms with Crippen LogP contribution in [0.4, 0.5) is 0 Å². The largest absolute Gasteiger partial charge is 0.479 e. The summed E-state index contributed by atoms with van der Waals surface area (Å²) in [6, 6.07) is -1.85. The molecule has 0 saturated carbocycles. The van der Waals surface area contributed by atoms with E-state index in [0.29, 0.717) is 12.8 Å². The van der Waals surface area contributed by atoms with Crippen LogP contribution < -0.4 is 16.4 Å². The number of hydrogen-bond donors (Lipinski definition) is 4. The lowest BCUT2D eigenvalue weighted by Crippen LogP contribution is -2.67. The van der Waals surface area contributed by atoms with Crippen molar-refractivity contribution in [3.63, 3.8) is 0 Å². The number of nitrogens with two attached hydrogens (primary N) is 1. The molecule has 5 N–H and O–H groups in total. The number of carbonyl (C=O) groups excluding carboxylic acids is 2. The molecule has 3 saturated heterocycles. The van der Waals surface area contributed by atoms with Crippen LogP contribution in [0.25, 0.3) is 0 Å². The van der Waals surface area contributed by atoms with E-state index < -0.39 is 48.3 Å². The van der Waals surface area contributed by atoms with Crippen LogP contribution in [-0.2, 0) is 28.6 Å². The molecule has 0 spiro atoms. The Balaban J connectivity index is 1.85. The molecule has 15 atom stereocenters. The Morgan fingerprint density at radius 3 is 1.38 bits per heavy atom. The summed E-state index contributed by atoms with van der Waals surface area (Å²) in [5.41, 5.74) is 6.49. The van der Waals surface area contributed by atoms with Crippen molar-refractivity contribution >= 4 is 17.8 Å². The number of nitrogens with one attached hydrogen (secondary N) is 2. The van der Waals surface area contributed by atoms with Gasteiger partial charge in [0.1, 0.15) is 0 Å². The predicted octanol–water partition coefficient (Wildman–Crippen LogP) is 2.72. The maximum atomic E-state index is 13.9. The highest BCUT2D eigenvalue weighted by molar-refractivity contribution is 5.86. The molecule has 3 rings (SSSR count). The molecular weight excluding hydrogens is 514 g/mol. The standard InChI is InChI=1S/C30H53N3O7/c1-10-19-13(4)16(7)22(31)25(38-19)28(34)32-23-17(8)14(5)20(11-2)39-26(23)29(35)33-24-18(9)15(6)21(12-3)40-27(24)30(36)37/h13-27H,10-12,31H2,1-9H3,(H,32,34)(H,33,35)(H,36,37). The molecule has 10 nitrogen and oxygen atoms in total. The van der Waals surface area contributed by atoms with E-state index >= 15 is 0 Å². The molecule has 0 radical (unpaired) electrons. The lowest BCUT2D eigenvalue weighted by molar-refractivity contribution is -0.179. The Morgan fingerprint density at radius 2 is 0.950 bits per heavy atom. The summed E-state index contributed by atoms with van der Waals surface area (Å²) in [4.78, 5) is 39.7. The van der Waals surface area contributed by atoms with E-state index in [-0.39, 0.29) is 59.7 Å². The monoisotopic (exact) mass is 567 g/mol. The average molecular weight is 568 g/mol. The lowest BCUT2D eigenvalue weighted by atomic mass is 9.77. The van der Waals surface area contributed by atoms with Crippen molar-refractivity contribution in [2.75, 3.05) is 0 Å². The number of rotatable bonds is 8. The lowest BCUT2D eigenvalue weighted by Gasteiger charge is -2.47. The molecule has 10 heteroatoms. The van der Waals surface area contributed by atoms with Gasteiger partial charge in [-0.25, -0.2) is 4.79 Å². The molecule has 0 aliphatic carbocycles. The molecule has 0 bridgehead atoms. The summed E-state index contributed by atoms with van der Waals surface area (Å²) >= 11 is 0. The van der Waals surface area contributed by atoms with Gasteiger partial charge in [0.05, 0.1) is 30.4 Å². The number of hydrogen-bond acceptors (Lipinski definition) is 7.